The first kappa shape index (κ1) is 20.0. The molecule has 0 bridgehead atoms. The van der Waals surface area contributed by atoms with Crippen molar-refractivity contribution in [2.45, 2.75) is 38.1 Å². The summed E-state index contributed by atoms with van der Waals surface area (Å²) in [5.41, 5.74) is 1.02. The van der Waals surface area contributed by atoms with Gasteiger partial charge in [0.2, 0.25) is 0 Å². The first-order valence-electron chi connectivity index (χ1n) is 9.83. The van der Waals surface area contributed by atoms with Crippen molar-refractivity contribution in [2.24, 2.45) is 7.05 Å². The van der Waals surface area contributed by atoms with Crippen LogP contribution in [-0.4, -0.2) is 42.0 Å². The van der Waals surface area contributed by atoms with E-state index in [2.05, 4.69) is 21.0 Å². The second-order valence-corrected chi connectivity index (χ2v) is 7.25. The number of urea groups is 1. The van der Waals surface area contributed by atoms with Gasteiger partial charge < -0.3 is 20.9 Å². The number of rotatable bonds is 7. The number of nitrogens with zero attached hydrogens (tertiary/aromatic N) is 3. The third-order valence-electron chi connectivity index (χ3n) is 5.14. The minimum Gasteiger partial charge on any atom is -0.369 e. The Balaban J connectivity index is 1.45. The lowest BCUT2D eigenvalue weighted by molar-refractivity contribution is 0.252. The number of benzene rings is 1. The number of hydrogen-bond acceptors (Lipinski definition) is 4. The van der Waals surface area contributed by atoms with Gasteiger partial charge in [-0.3, -0.25) is 4.68 Å². The van der Waals surface area contributed by atoms with Gasteiger partial charge in [-0.25, -0.2) is 9.18 Å². The summed E-state index contributed by atoms with van der Waals surface area (Å²) in [5, 5.41) is 12.7. The van der Waals surface area contributed by atoms with Crippen LogP contribution < -0.4 is 20.9 Å². The Kier molecular flexibility index (Phi) is 6.73. The molecule has 8 heteroatoms. The molecule has 0 atom stereocenters. The zero-order valence-corrected chi connectivity index (χ0v) is 16.5. The fourth-order valence-electron chi connectivity index (χ4n) is 3.59. The fraction of sp³-hybridized carbons (Fsp3) is 0.500. The van der Waals surface area contributed by atoms with Crippen molar-refractivity contribution in [1.82, 2.24) is 15.1 Å². The Morgan fingerprint density at radius 3 is 2.71 bits per heavy atom. The lowest BCUT2D eigenvalue weighted by atomic mass is 9.94. The first-order chi connectivity index (χ1) is 13.5. The van der Waals surface area contributed by atoms with Gasteiger partial charge in [-0.15, -0.1) is 0 Å². The van der Waals surface area contributed by atoms with Crippen LogP contribution in [0.2, 0.25) is 0 Å². The van der Waals surface area contributed by atoms with Crippen molar-refractivity contribution < 1.29 is 9.18 Å². The molecule has 0 saturated heterocycles. The van der Waals surface area contributed by atoms with Crippen molar-refractivity contribution in [3.05, 3.63) is 36.3 Å². The molecule has 28 heavy (non-hydrogen) atoms. The maximum atomic E-state index is 14.6. The van der Waals surface area contributed by atoms with Crippen molar-refractivity contribution in [3.8, 4) is 0 Å². The Morgan fingerprint density at radius 1 is 1.25 bits per heavy atom. The Bertz CT molecular complexity index is 787. The summed E-state index contributed by atoms with van der Waals surface area (Å²) in [6.45, 7) is 0.970. The smallest absolute Gasteiger partial charge is 0.319 e. The third kappa shape index (κ3) is 5.37. The molecule has 0 aliphatic heterocycles. The third-order valence-corrected chi connectivity index (χ3v) is 5.14. The number of carbonyl (C=O) groups excluding carboxylic acids is 1. The maximum Gasteiger partial charge on any atom is 0.319 e. The summed E-state index contributed by atoms with van der Waals surface area (Å²) in [5.74, 6) is 0.437. The van der Waals surface area contributed by atoms with Crippen molar-refractivity contribution in [2.75, 3.05) is 35.7 Å². The van der Waals surface area contributed by atoms with Crippen molar-refractivity contribution in [3.63, 3.8) is 0 Å². The number of anilines is 3. The van der Waals surface area contributed by atoms with E-state index in [1.165, 1.54) is 25.3 Å². The molecule has 1 aromatic carbocycles. The highest BCUT2D eigenvalue weighted by atomic mass is 19.1. The van der Waals surface area contributed by atoms with E-state index >= 15 is 0 Å². The standard InChI is InChI=1S/C20H29FN6O/c1-26-13-10-19(25-26)22-11-12-23-20(28)24-15-8-9-18(17(21)14-15)27(2)16-6-4-3-5-7-16/h8-10,13-14,16H,3-7,11-12H2,1-2H3,(H,22,25)(H2,23,24,28). The predicted molar refractivity (Wildman–Crippen MR) is 110 cm³/mol. The number of amides is 2. The molecular weight excluding hydrogens is 359 g/mol. The van der Waals surface area contributed by atoms with Crippen LogP contribution in [-0.2, 0) is 7.05 Å². The van der Waals surface area contributed by atoms with Gasteiger partial charge in [-0.05, 0) is 31.0 Å². The highest BCUT2D eigenvalue weighted by Crippen LogP contribution is 2.29. The minimum absolute atomic E-state index is 0.317. The molecule has 152 valence electrons. The topological polar surface area (TPSA) is 74.2 Å². The quantitative estimate of drug-likeness (QED) is 0.634. The molecule has 7 nitrogen and oxygen atoms in total. The molecule has 1 aliphatic rings. The Morgan fingerprint density at radius 2 is 2.04 bits per heavy atom. The molecule has 1 aliphatic carbocycles. The van der Waals surface area contributed by atoms with Gasteiger partial charge in [0, 0.05) is 51.2 Å². The van der Waals surface area contributed by atoms with Gasteiger partial charge in [-0.2, -0.15) is 5.10 Å². The lowest BCUT2D eigenvalue weighted by Crippen LogP contribution is -2.34. The molecule has 1 aromatic heterocycles. The minimum atomic E-state index is -0.365. The summed E-state index contributed by atoms with van der Waals surface area (Å²) in [4.78, 5) is 14.0. The molecule has 1 saturated carbocycles. The molecule has 1 fully saturated rings. The average Bonchev–Trinajstić information content (AvgIpc) is 3.11. The second kappa shape index (κ2) is 9.43. The van der Waals surface area contributed by atoms with Gasteiger partial charge in [0.05, 0.1) is 5.69 Å². The normalized spacial score (nSPS) is 14.5. The molecule has 0 spiro atoms. The number of aryl methyl sites for hydroxylation is 1. The molecule has 0 radical (unpaired) electrons. The first-order valence-corrected chi connectivity index (χ1v) is 9.83. The zero-order valence-electron chi connectivity index (χ0n) is 16.5. The number of carbonyl (C=O) groups is 1. The van der Waals surface area contributed by atoms with E-state index < -0.39 is 0 Å². The average molecular weight is 388 g/mol. The number of hydrogen-bond donors (Lipinski definition) is 3. The van der Waals surface area contributed by atoms with Crippen LogP contribution in [0.3, 0.4) is 0 Å². The predicted octanol–water partition coefficient (Wildman–Crippen LogP) is 3.56. The number of halogens is 1. The van der Waals surface area contributed by atoms with E-state index in [4.69, 9.17) is 0 Å². The van der Waals surface area contributed by atoms with E-state index in [1.54, 1.807) is 16.8 Å². The number of aromatic nitrogens is 2. The molecule has 1 heterocycles. The summed E-state index contributed by atoms with van der Waals surface area (Å²) < 4.78 is 16.3. The van der Waals surface area contributed by atoms with Crippen LogP contribution in [0, 0.1) is 5.82 Å². The van der Waals surface area contributed by atoms with Crippen LogP contribution >= 0.6 is 0 Å². The van der Waals surface area contributed by atoms with Gasteiger partial charge in [0.25, 0.3) is 0 Å². The molecule has 3 N–H and O–H groups in total. The number of nitrogens with one attached hydrogen (secondary N) is 3. The van der Waals surface area contributed by atoms with Crippen LogP contribution in [0.25, 0.3) is 0 Å². The van der Waals surface area contributed by atoms with Gasteiger partial charge in [0.1, 0.15) is 11.6 Å². The molecular formula is C20H29FN6O. The Hall–Kier alpha value is -2.77. The van der Waals surface area contributed by atoms with Crippen LogP contribution in [0.1, 0.15) is 32.1 Å². The van der Waals surface area contributed by atoms with E-state index in [-0.39, 0.29) is 11.8 Å². The summed E-state index contributed by atoms with van der Waals surface area (Å²) in [7, 11) is 3.79. The largest absolute Gasteiger partial charge is 0.369 e. The second-order valence-electron chi connectivity index (χ2n) is 7.25. The van der Waals surface area contributed by atoms with Gasteiger partial charge in [0.15, 0.2) is 0 Å². The van der Waals surface area contributed by atoms with Gasteiger partial charge >= 0.3 is 6.03 Å². The van der Waals surface area contributed by atoms with E-state index in [9.17, 15) is 9.18 Å². The lowest BCUT2D eigenvalue weighted by Gasteiger charge is -2.33. The summed E-state index contributed by atoms with van der Waals surface area (Å²) in [6.07, 6.45) is 7.71. The van der Waals surface area contributed by atoms with Crippen LogP contribution in [0.5, 0.6) is 0 Å². The van der Waals surface area contributed by atoms with Gasteiger partial charge in [-0.1, -0.05) is 19.3 Å². The van der Waals surface area contributed by atoms with E-state index in [0.717, 1.165) is 18.7 Å². The molecule has 2 amide bonds. The monoisotopic (exact) mass is 388 g/mol. The highest BCUT2D eigenvalue weighted by molar-refractivity contribution is 5.89. The van der Waals surface area contributed by atoms with Crippen LogP contribution in [0.4, 0.5) is 26.4 Å². The molecule has 3 rings (SSSR count). The van der Waals surface area contributed by atoms with E-state index in [0.29, 0.717) is 30.5 Å². The van der Waals surface area contributed by atoms with Crippen molar-refractivity contribution >= 4 is 23.2 Å². The van der Waals surface area contributed by atoms with Crippen LogP contribution in [0.15, 0.2) is 30.5 Å². The molecule has 0 unspecified atom stereocenters. The molecule has 2 aromatic rings. The SMILES string of the molecule is CN(c1ccc(NC(=O)NCCNc2ccn(C)n2)cc1F)C1CCCCC1. The summed E-state index contributed by atoms with van der Waals surface area (Å²) in [6, 6.07) is 6.73. The maximum absolute atomic E-state index is 14.6. The zero-order chi connectivity index (χ0) is 19.9. The van der Waals surface area contributed by atoms with E-state index in [1.807, 2.05) is 31.3 Å². The summed E-state index contributed by atoms with van der Waals surface area (Å²) >= 11 is 0. The Labute approximate surface area is 165 Å². The van der Waals surface area contributed by atoms with Crippen molar-refractivity contribution in [1.29, 1.82) is 0 Å². The highest BCUT2D eigenvalue weighted by Gasteiger charge is 2.20. The fourth-order valence-corrected chi connectivity index (χ4v) is 3.59.